The summed E-state index contributed by atoms with van der Waals surface area (Å²) in [6, 6.07) is 17.4. The Morgan fingerprint density at radius 1 is 0.941 bits per heavy atom. The van der Waals surface area contributed by atoms with E-state index in [9.17, 15) is 4.79 Å². The van der Waals surface area contributed by atoms with Crippen LogP contribution in [0.5, 0.6) is 0 Å². The summed E-state index contributed by atoms with van der Waals surface area (Å²) in [7, 11) is 0. The van der Waals surface area contributed by atoms with E-state index in [1.165, 1.54) is 0 Å². The summed E-state index contributed by atoms with van der Waals surface area (Å²) in [6.07, 6.45) is 0. The summed E-state index contributed by atoms with van der Waals surface area (Å²) >= 11 is 4.04. The smallest absolute Gasteiger partial charge is 0.320 e. The number of rotatable bonds is 3. The predicted octanol–water partition coefficient (Wildman–Crippen LogP) is 3.41. The van der Waals surface area contributed by atoms with Crippen molar-refractivity contribution in [2.45, 2.75) is 5.25 Å². The fraction of sp³-hybridized carbons (Fsp3) is 0.0714. The lowest BCUT2D eigenvalue weighted by Crippen LogP contribution is -2.04. The second kappa shape index (κ2) is 5.06. The molecule has 0 aromatic heterocycles. The fourth-order valence-electron chi connectivity index (χ4n) is 1.63. The first-order chi connectivity index (χ1) is 8.18. The van der Waals surface area contributed by atoms with Crippen molar-refractivity contribution >= 4 is 18.6 Å². The maximum atomic E-state index is 10.8. The van der Waals surface area contributed by atoms with E-state index in [4.69, 9.17) is 5.11 Å². The zero-order chi connectivity index (χ0) is 12.3. The van der Waals surface area contributed by atoms with Gasteiger partial charge in [0.05, 0.1) is 0 Å². The predicted molar refractivity (Wildman–Crippen MR) is 71.2 cm³/mol. The molecule has 1 N–H and O–H groups in total. The second-order valence-electron chi connectivity index (χ2n) is 3.73. The van der Waals surface area contributed by atoms with Gasteiger partial charge in [-0.2, -0.15) is 12.6 Å². The van der Waals surface area contributed by atoms with Gasteiger partial charge in [-0.3, -0.25) is 4.79 Å². The highest BCUT2D eigenvalue weighted by molar-refractivity contribution is 7.81. The van der Waals surface area contributed by atoms with Gasteiger partial charge < -0.3 is 5.11 Å². The molecule has 2 aromatic carbocycles. The van der Waals surface area contributed by atoms with Crippen LogP contribution in [0, 0.1) is 0 Å². The number of carboxylic acid groups (broad SMARTS) is 1. The molecule has 0 fully saturated rings. The molecule has 86 valence electrons. The van der Waals surface area contributed by atoms with Crippen molar-refractivity contribution in [1.29, 1.82) is 0 Å². The number of carbonyl (C=O) groups is 1. The number of carboxylic acids is 1. The minimum Gasteiger partial charge on any atom is -0.480 e. The molecule has 3 heteroatoms. The van der Waals surface area contributed by atoms with E-state index < -0.39 is 11.2 Å². The summed E-state index contributed by atoms with van der Waals surface area (Å²) in [4.78, 5) is 10.8. The first kappa shape index (κ1) is 11.7. The standard InChI is InChI=1S/C14H12O2S/c15-14(16)13(17)12-8-6-11(7-9-12)10-4-2-1-3-5-10/h1-9,13,17H,(H,15,16). The Hall–Kier alpha value is -1.74. The molecule has 0 heterocycles. The molecule has 0 bridgehead atoms. The molecule has 1 atom stereocenters. The molecule has 17 heavy (non-hydrogen) atoms. The molecule has 2 rings (SSSR count). The van der Waals surface area contributed by atoms with Gasteiger partial charge in [0.2, 0.25) is 0 Å². The molecule has 0 saturated heterocycles. The first-order valence-corrected chi connectivity index (χ1v) is 5.76. The third-order valence-corrected chi connectivity index (χ3v) is 3.09. The average Bonchev–Trinajstić information content (AvgIpc) is 2.39. The van der Waals surface area contributed by atoms with Crippen LogP contribution in [0.3, 0.4) is 0 Å². The summed E-state index contributed by atoms with van der Waals surface area (Å²) in [5, 5.41) is 8.08. The summed E-state index contributed by atoms with van der Waals surface area (Å²) in [6.45, 7) is 0. The molecule has 0 aliphatic heterocycles. The van der Waals surface area contributed by atoms with E-state index in [0.29, 0.717) is 5.56 Å². The van der Waals surface area contributed by atoms with E-state index in [2.05, 4.69) is 12.6 Å². The first-order valence-electron chi connectivity index (χ1n) is 5.25. The van der Waals surface area contributed by atoms with Gasteiger partial charge in [-0.1, -0.05) is 54.6 Å². The van der Waals surface area contributed by atoms with Crippen molar-refractivity contribution in [3.63, 3.8) is 0 Å². The van der Waals surface area contributed by atoms with Crippen molar-refractivity contribution in [2.75, 3.05) is 0 Å². The Bertz CT molecular complexity index is 506. The van der Waals surface area contributed by atoms with E-state index in [1.807, 2.05) is 42.5 Å². The van der Waals surface area contributed by atoms with Crippen LogP contribution < -0.4 is 0 Å². The van der Waals surface area contributed by atoms with Crippen LogP contribution in [0.15, 0.2) is 54.6 Å². The van der Waals surface area contributed by atoms with Gasteiger partial charge in [-0.25, -0.2) is 0 Å². The molecule has 0 radical (unpaired) electrons. The van der Waals surface area contributed by atoms with Crippen LogP contribution in [0.25, 0.3) is 11.1 Å². The van der Waals surface area contributed by atoms with Crippen LogP contribution >= 0.6 is 12.6 Å². The molecule has 2 aromatic rings. The summed E-state index contributed by atoms with van der Waals surface area (Å²) < 4.78 is 0. The van der Waals surface area contributed by atoms with Crippen molar-refractivity contribution in [2.24, 2.45) is 0 Å². The van der Waals surface area contributed by atoms with Gasteiger partial charge in [-0.05, 0) is 16.7 Å². The van der Waals surface area contributed by atoms with Crippen LogP contribution in [0.2, 0.25) is 0 Å². The molecule has 2 nitrogen and oxygen atoms in total. The Morgan fingerprint density at radius 3 is 2.00 bits per heavy atom. The molecule has 0 saturated carbocycles. The zero-order valence-electron chi connectivity index (χ0n) is 9.08. The highest BCUT2D eigenvalue weighted by Gasteiger charge is 2.14. The fourth-order valence-corrected chi connectivity index (χ4v) is 1.80. The van der Waals surface area contributed by atoms with Gasteiger partial charge in [0.15, 0.2) is 0 Å². The lowest BCUT2D eigenvalue weighted by atomic mass is 10.0. The van der Waals surface area contributed by atoms with Crippen LogP contribution in [-0.2, 0) is 4.79 Å². The Kier molecular flexibility index (Phi) is 3.49. The maximum absolute atomic E-state index is 10.8. The van der Waals surface area contributed by atoms with Crippen LogP contribution in [0.1, 0.15) is 10.8 Å². The van der Waals surface area contributed by atoms with Crippen molar-refractivity contribution in [1.82, 2.24) is 0 Å². The molecular weight excluding hydrogens is 232 g/mol. The minimum atomic E-state index is -0.930. The average molecular weight is 244 g/mol. The Balaban J connectivity index is 2.28. The molecule has 0 amide bonds. The molecule has 0 aliphatic rings. The van der Waals surface area contributed by atoms with Gasteiger partial charge in [0, 0.05) is 0 Å². The van der Waals surface area contributed by atoms with E-state index in [1.54, 1.807) is 12.1 Å². The zero-order valence-corrected chi connectivity index (χ0v) is 9.97. The lowest BCUT2D eigenvalue weighted by Gasteiger charge is -2.07. The van der Waals surface area contributed by atoms with Crippen molar-refractivity contribution in [3.8, 4) is 11.1 Å². The van der Waals surface area contributed by atoms with Crippen molar-refractivity contribution in [3.05, 3.63) is 60.2 Å². The summed E-state index contributed by atoms with van der Waals surface area (Å²) in [5.74, 6) is -0.930. The molecular formula is C14H12O2S. The summed E-state index contributed by atoms with van der Waals surface area (Å²) in [5.41, 5.74) is 2.88. The van der Waals surface area contributed by atoms with E-state index in [0.717, 1.165) is 11.1 Å². The van der Waals surface area contributed by atoms with Crippen molar-refractivity contribution < 1.29 is 9.90 Å². The van der Waals surface area contributed by atoms with Gasteiger partial charge in [-0.15, -0.1) is 0 Å². The topological polar surface area (TPSA) is 37.3 Å². The number of benzene rings is 2. The highest BCUT2D eigenvalue weighted by Crippen LogP contribution is 2.24. The third-order valence-electron chi connectivity index (χ3n) is 2.57. The van der Waals surface area contributed by atoms with Gasteiger partial charge in [0.1, 0.15) is 5.25 Å². The van der Waals surface area contributed by atoms with Gasteiger partial charge >= 0.3 is 5.97 Å². The van der Waals surface area contributed by atoms with E-state index in [-0.39, 0.29) is 0 Å². The number of aliphatic carboxylic acids is 1. The number of hydrogen-bond donors (Lipinski definition) is 2. The molecule has 1 unspecified atom stereocenters. The molecule has 0 aliphatic carbocycles. The van der Waals surface area contributed by atoms with Gasteiger partial charge in [0.25, 0.3) is 0 Å². The SMILES string of the molecule is O=C(O)C(S)c1ccc(-c2ccccc2)cc1. The maximum Gasteiger partial charge on any atom is 0.320 e. The largest absolute Gasteiger partial charge is 0.480 e. The normalized spacial score (nSPS) is 12.1. The third kappa shape index (κ3) is 2.68. The monoisotopic (exact) mass is 244 g/mol. The second-order valence-corrected chi connectivity index (χ2v) is 4.25. The van der Waals surface area contributed by atoms with Crippen LogP contribution in [0.4, 0.5) is 0 Å². The minimum absolute atomic E-state index is 0.695. The highest BCUT2D eigenvalue weighted by atomic mass is 32.1. The number of thiol groups is 1. The lowest BCUT2D eigenvalue weighted by molar-refractivity contribution is -0.136. The van der Waals surface area contributed by atoms with Crippen LogP contribution in [-0.4, -0.2) is 11.1 Å². The Labute approximate surface area is 105 Å². The Morgan fingerprint density at radius 2 is 1.47 bits per heavy atom. The number of hydrogen-bond acceptors (Lipinski definition) is 2. The quantitative estimate of drug-likeness (QED) is 0.812. The molecule has 0 spiro atoms. The van der Waals surface area contributed by atoms with E-state index >= 15 is 0 Å².